The molecule has 0 fully saturated rings. The number of hydrogen-bond acceptors (Lipinski definition) is 4. The SMILES string of the molecule is NCc1nc(OC(F)(F)F)cc(CC(=O)O)c1C(F)F. The van der Waals surface area contributed by atoms with E-state index in [2.05, 4.69) is 9.72 Å². The van der Waals surface area contributed by atoms with Crippen molar-refractivity contribution < 1.29 is 36.6 Å². The van der Waals surface area contributed by atoms with Crippen LogP contribution in [0, 0.1) is 0 Å². The first kappa shape index (κ1) is 16.1. The lowest BCUT2D eigenvalue weighted by atomic mass is 10.0. The topological polar surface area (TPSA) is 85.4 Å². The number of aromatic nitrogens is 1. The normalized spacial score (nSPS) is 11.8. The Morgan fingerprint density at radius 3 is 2.45 bits per heavy atom. The molecular formula is C10H9F5N2O3. The van der Waals surface area contributed by atoms with Crippen LogP contribution in [0.4, 0.5) is 22.0 Å². The van der Waals surface area contributed by atoms with E-state index in [4.69, 9.17) is 10.8 Å². The maximum Gasteiger partial charge on any atom is 0.574 e. The lowest BCUT2D eigenvalue weighted by molar-refractivity contribution is -0.276. The molecule has 0 aliphatic rings. The zero-order chi connectivity index (χ0) is 15.5. The lowest BCUT2D eigenvalue weighted by Crippen LogP contribution is -2.20. The van der Waals surface area contributed by atoms with Gasteiger partial charge in [0, 0.05) is 18.2 Å². The van der Waals surface area contributed by atoms with Gasteiger partial charge in [-0.1, -0.05) is 0 Å². The first-order chi connectivity index (χ1) is 9.14. The minimum atomic E-state index is -5.08. The molecule has 0 aliphatic heterocycles. The number of pyridine rings is 1. The maximum atomic E-state index is 12.8. The van der Waals surface area contributed by atoms with Crippen LogP contribution in [-0.2, 0) is 17.8 Å². The summed E-state index contributed by atoms with van der Waals surface area (Å²) in [5, 5.41) is 8.60. The van der Waals surface area contributed by atoms with Crippen molar-refractivity contribution in [2.24, 2.45) is 5.73 Å². The number of rotatable bonds is 5. The van der Waals surface area contributed by atoms with E-state index in [0.29, 0.717) is 6.07 Å². The fourth-order valence-electron chi connectivity index (χ4n) is 1.54. The molecule has 0 saturated heterocycles. The molecule has 10 heteroatoms. The first-order valence-electron chi connectivity index (χ1n) is 5.12. The smallest absolute Gasteiger partial charge is 0.481 e. The predicted molar refractivity (Wildman–Crippen MR) is 55.1 cm³/mol. The van der Waals surface area contributed by atoms with Crippen LogP contribution in [-0.4, -0.2) is 22.4 Å². The summed E-state index contributed by atoms with van der Waals surface area (Å²) >= 11 is 0. The number of carbonyl (C=O) groups is 1. The second-order valence-electron chi connectivity index (χ2n) is 3.60. The second kappa shape index (κ2) is 5.99. The molecule has 0 aromatic carbocycles. The van der Waals surface area contributed by atoms with Gasteiger partial charge in [0.05, 0.1) is 12.1 Å². The van der Waals surface area contributed by atoms with Crippen molar-refractivity contribution in [1.82, 2.24) is 4.98 Å². The first-order valence-corrected chi connectivity index (χ1v) is 5.12. The van der Waals surface area contributed by atoms with Gasteiger partial charge in [0.25, 0.3) is 6.43 Å². The summed E-state index contributed by atoms with van der Waals surface area (Å²) in [6.45, 7) is -0.582. The van der Waals surface area contributed by atoms with Gasteiger partial charge in [-0.3, -0.25) is 4.79 Å². The van der Waals surface area contributed by atoms with Gasteiger partial charge in [0.1, 0.15) is 0 Å². The number of hydrogen-bond donors (Lipinski definition) is 2. The number of nitrogens with zero attached hydrogens (tertiary/aromatic N) is 1. The highest BCUT2D eigenvalue weighted by molar-refractivity contribution is 5.71. The number of nitrogens with two attached hydrogens (primary N) is 1. The van der Waals surface area contributed by atoms with Crippen molar-refractivity contribution in [3.63, 3.8) is 0 Å². The van der Waals surface area contributed by atoms with Crippen molar-refractivity contribution in [3.05, 3.63) is 22.9 Å². The number of halogens is 5. The van der Waals surface area contributed by atoms with E-state index in [9.17, 15) is 26.7 Å². The Morgan fingerprint density at radius 2 is 2.05 bits per heavy atom. The molecule has 0 amide bonds. The summed E-state index contributed by atoms with van der Waals surface area (Å²) in [5.41, 5.74) is 3.28. The van der Waals surface area contributed by atoms with Crippen LogP contribution in [0.25, 0.3) is 0 Å². The third-order valence-electron chi connectivity index (χ3n) is 2.17. The predicted octanol–water partition coefficient (Wildman–Crippen LogP) is 2.00. The second-order valence-corrected chi connectivity index (χ2v) is 3.60. The summed E-state index contributed by atoms with van der Waals surface area (Å²) in [7, 11) is 0. The van der Waals surface area contributed by atoms with E-state index in [0.717, 1.165) is 0 Å². The van der Waals surface area contributed by atoms with Gasteiger partial charge in [-0.05, 0) is 5.56 Å². The summed E-state index contributed by atoms with van der Waals surface area (Å²) < 4.78 is 65.4. The van der Waals surface area contributed by atoms with Gasteiger partial charge in [-0.15, -0.1) is 13.2 Å². The van der Waals surface area contributed by atoms with E-state index >= 15 is 0 Å². The zero-order valence-corrected chi connectivity index (χ0v) is 9.75. The lowest BCUT2D eigenvalue weighted by Gasteiger charge is -2.15. The van der Waals surface area contributed by atoms with E-state index in [-0.39, 0.29) is 0 Å². The number of carboxylic acid groups (broad SMARTS) is 1. The Kier molecular flexibility index (Phi) is 4.82. The fraction of sp³-hybridized carbons (Fsp3) is 0.400. The van der Waals surface area contributed by atoms with Gasteiger partial charge >= 0.3 is 12.3 Å². The Hall–Kier alpha value is -1.97. The van der Waals surface area contributed by atoms with Gasteiger partial charge in [0.2, 0.25) is 5.88 Å². The number of alkyl halides is 5. The summed E-state index contributed by atoms with van der Waals surface area (Å²) in [5.74, 6) is -2.52. The number of ether oxygens (including phenoxy) is 1. The molecular weight excluding hydrogens is 291 g/mol. The van der Waals surface area contributed by atoms with Crippen molar-refractivity contribution in [3.8, 4) is 5.88 Å². The largest absolute Gasteiger partial charge is 0.574 e. The third kappa shape index (κ3) is 4.30. The quantitative estimate of drug-likeness (QED) is 0.812. The van der Waals surface area contributed by atoms with Gasteiger partial charge < -0.3 is 15.6 Å². The van der Waals surface area contributed by atoms with Gasteiger partial charge in [-0.2, -0.15) is 0 Å². The average Bonchev–Trinajstić information content (AvgIpc) is 2.24. The molecule has 1 rings (SSSR count). The summed E-state index contributed by atoms with van der Waals surface area (Å²) in [6.07, 6.45) is -9.09. The molecule has 0 spiro atoms. The Labute approximate surface area is 109 Å². The molecule has 0 bridgehead atoms. The van der Waals surface area contributed by atoms with Crippen LogP contribution >= 0.6 is 0 Å². The minimum Gasteiger partial charge on any atom is -0.481 e. The van der Waals surface area contributed by atoms with Crippen LogP contribution in [0.5, 0.6) is 5.88 Å². The monoisotopic (exact) mass is 300 g/mol. The van der Waals surface area contributed by atoms with Crippen LogP contribution in [0.1, 0.15) is 23.2 Å². The highest BCUT2D eigenvalue weighted by Gasteiger charge is 2.33. The molecule has 1 heterocycles. The zero-order valence-electron chi connectivity index (χ0n) is 9.75. The minimum absolute atomic E-state index is 0.516. The van der Waals surface area contributed by atoms with Gasteiger partial charge in [-0.25, -0.2) is 13.8 Å². The number of aliphatic carboxylic acids is 1. The summed E-state index contributed by atoms with van der Waals surface area (Å²) in [4.78, 5) is 13.8. The molecule has 20 heavy (non-hydrogen) atoms. The molecule has 3 N–H and O–H groups in total. The maximum absolute atomic E-state index is 12.8. The molecule has 1 aromatic heterocycles. The molecule has 0 unspecified atom stereocenters. The van der Waals surface area contributed by atoms with Crippen molar-refractivity contribution in [2.45, 2.75) is 25.8 Å². The Balaban J connectivity index is 3.35. The Morgan fingerprint density at radius 1 is 1.45 bits per heavy atom. The highest BCUT2D eigenvalue weighted by Crippen LogP contribution is 2.31. The molecule has 0 radical (unpaired) electrons. The standard InChI is InChI=1S/C10H9F5N2O3/c11-9(12)8-4(2-7(18)19)1-6(17-5(8)3-16)20-10(13,14)15/h1,9H,2-3,16H2,(H,18,19). The third-order valence-corrected chi connectivity index (χ3v) is 2.17. The van der Waals surface area contributed by atoms with E-state index in [1.807, 2.05) is 0 Å². The molecule has 0 aliphatic carbocycles. The van der Waals surface area contributed by atoms with Crippen LogP contribution in [0.15, 0.2) is 6.07 Å². The number of carboxylic acids is 1. The molecule has 112 valence electrons. The van der Waals surface area contributed by atoms with Gasteiger partial charge in [0.15, 0.2) is 0 Å². The van der Waals surface area contributed by atoms with Crippen molar-refractivity contribution in [2.75, 3.05) is 0 Å². The van der Waals surface area contributed by atoms with Crippen LogP contribution < -0.4 is 10.5 Å². The molecule has 5 nitrogen and oxygen atoms in total. The highest BCUT2D eigenvalue weighted by atomic mass is 19.4. The average molecular weight is 300 g/mol. The van der Waals surface area contributed by atoms with Crippen LogP contribution in [0.2, 0.25) is 0 Å². The molecule has 1 aromatic rings. The van der Waals surface area contributed by atoms with Crippen LogP contribution in [0.3, 0.4) is 0 Å². The Bertz CT molecular complexity index is 504. The van der Waals surface area contributed by atoms with Crippen molar-refractivity contribution >= 4 is 5.97 Å². The van der Waals surface area contributed by atoms with E-state index in [1.54, 1.807) is 0 Å². The van der Waals surface area contributed by atoms with Crippen molar-refractivity contribution in [1.29, 1.82) is 0 Å². The molecule has 0 atom stereocenters. The summed E-state index contributed by atoms with van der Waals surface area (Å²) in [6, 6.07) is 0.516. The van der Waals surface area contributed by atoms with E-state index in [1.165, 1.54) is 0 Å². The molecule has 0 saturated carbocycles. The fourth-order valence-corrected chi connectivity index (χ4v) is 1.54. The van der Waals surface area contributed by atoms with E-state index < -0.39 is 54.4 Å².